The molecule has 0 saturated heterocycles. The number of carbonyl (C=O) groups excluding carboxylic acids is 2. The summed E-state index contributed by atoms with van der Waals surface area (Å²) in [4.78, 5) is 24.7. The molecule has 0 aromatic heterocycles. The number of rotatable bonds is 81. The molecule has 0 aliphatic carbocycles. The van der Waals surface area contributed by atoms with Crippen LogP contribution in [0.2, 0.25) is 0 Å². The van der Waals surface area contributed by atoms with Crippen molar-refractivity contribution in [3.05, 3.63) is 12.2 Å². The zero-order chi connectivity index (χ0) is 65.6. The standard InChI is InChI=1S/C85H167NO5/c1-3-5-7-9-11-13-15-17-19-21-46-49-53-57-61-65-69-73-77-83(88)82(81-87)86-84(89)78-74-70-66-62-58-54-50-47-43-41-39-37-35-33-31-29-27-25-23-22-24-26-28-30-32-34-36-38-40-42-44-48-52-56-60-64-68-72-76-80-91-85(90)79-75-71-67-63-59-55-51-45-20-18-16-14-12-10-8-6-4-2/h73,77,82-83,87-88H,3-72,74-76,78-81H2,1-2H3,(H,86,89)/b77-73+. The Morgan fingerprint density at radius 3 is 0.747 bits per heavy atom. The van der Waals surface area contributed by atoms with E-state index in [-0.39, 0.29) is 18.5 Å². The van der Waals surface area contributed by atoms with Crippen molar-refractivity contribution in [2.75, 3.05) is 13.2 Å². The molecule has 0 bridgehead atoms. The molecule has 0 aromatic carbocycles. The molecule has 0 spiro atoms. The van der Waals surface area contributed by atoms with Crippen LogP contribution in [0.25, 0.3) is 0 Å². The number of allylic oxidation sites excluding steroid dienone is 1. The van der Waals surface area contributed by atoms with E-state index in [1.165, 1.54) is 430 Å². The van der Waals surface area contributed by atoms with E-state index in [4.69, 9.17) is 4.74 Å². The Balaban J connectivity index is 3.29. The van der Waals surface area contributed by atoms with Gasteiger partial charge in [0.15, 0.2) is 0 Å². The first-order chi connectivity index (χ1) is 45.0. The average molecular weight is 1280 g/mol. The van der Waals surface area contributed by atoms with Crippen LogP contribution in [0, 0.1) is 0 Å². The number of aliphatic hydroxyl groups excluding tert-OH is 2. The number of nitrogens with one attached hydrogen (secondary N) is 1. The van der Waals surface area contributed by atoms with Crippen LogP contribution in [-0.4, -0.2) is 47.4 Å². The third-order valence-electron chi connectivity index (χ3n) is 20.3. The van der Waals surface area contributed by atoms with Gasteiger partial charge in [0, 0.05) is 12.8 Å². The van der Waals surface area contributed by atoms with E-state index >= 15 is 0 Å². The molecule has 2 atom stereocenters. The summed E-state index contributed by atoms with van der Waals surface area (Å²) < 4.78 is 5.52. The molecular weight excluding hydrogens is 1110 g/mol. The summed E-state index contributed by atoms with van der Waals surface area (Å²) in [6.45, 7) is 4.97. The van der Waals surface area contributed by atoms with Crippen LogP contribution in [0.1, 0.15) is 495 Å². The summed E-state index contributed by atoms with van der Waals surface area (Å²) in [5.74, 6) is -0.0279. The van der Waals surface area contributed by atoms with Gasteiger partial charge in [-0.25, -0.2) is 0 Å². The van der Waals surface area contributed by atoms with Crippen LogP contribution >= 0.6 is 0 Å². The van der Waals surface area contributed by atoms with E-state index in [0.717, 1.165) is 38.5 Å². The maximum atomic E-state index is 12.5. The van der Waals surface area contributed by atoms with E-state index < -0.39 is 12.1 Å². The molecule has 0 fully saturated rings. The fourth-order valence-electron chi connectivity index (χ4n) is 13.9. The number of hydrogen-bond acceptors (Lipinski definition) is 5. The molecule has 0 saturated carbocycles. The van der Waals surface area contributed by atoms with Crippen molar-refractivity contribution in [2.24, 2.45) is 0 Å². The summed E-state index contributed by atoms with van der Waals surface area (Å²) in [7, 11) is 0. The number of hydrogen-bond donors (Lipinski definition) is 3. The second-order valence-electron chi connectivity index (χ2n) is 29.5. The van der Waals surface area contributed by atoms with Gasteiger partial charge in [-0.15, -0.1) is 0 Å². The SMILES string of the molecule is CCCCCCCCCCCCCCCCCC/C=C/C(O)C(CO)NC(=O)CCCCCCCCCCCCCCCCCCCCCCCCCCCCCCCCCCCCCCCCCOC(=O)CCCCCCCCCCCCCCCCCCC. The molecule has 1 amide bonds. The summed E-state index contributed by atoms with van der Waals surface area (Å²) >= 11 is 0. The van der Waals surface area contributed by atoms with E-state index in [0.29, 0.717) is 19.4 Å². The summed E-state index contributed by atoms with van der Waals surface area (Å²) in [6.07, 6.45) is 104. The summed E-state index contributed by atoms with van der Waals surface area (Å²) in [5.41, 5.74) is 0. The second kappa shape index (κ2) is 81.0. The van der Waals surface area contributed by atoms with Crippen molar-refractivity contribution < 1.29 is 24.5 Å². The Morgan fingerprint density at radius 2 is 0.505 bits per heavy atom. The molecule has 542 valence electrons. The molecule has 0 aliphatic heterocycles. The van der Waals surface area contributed by atoms with Gasteiger partial charge in [0.2, 0.25) is 5.91 Å². The van der Waals surface area contributed by atoms with Crippen molar-refractivity contribution >= 4 is 11.9 Å². The molecule has 6 heteroatoms. The maximum absolute atomic E-state index is 12.5. The first kappa shape index (κ1) is 89.6. The smallest absolute Gasteiger partial charge is 0.305 e. The lowest BCUT2D eigenvalue weighted by Crippen LogP contribution is -2.45. The number of amides is 1. The number of unbranched alkanes of at least 4 members (excludes halogenated alkanes) is 70. The fourth-order valence-corrected chi connectivity index (χ4v) is 13.9. The third-order valence-corrected chi connectivity index (χ3v) is 20.3. The highest BCUT2D eigenvalue weighted by atomic mass is 16.5. The minimum Gasteiger partial charge on any atom is -0.466 e. The van der Waals surface area contributed by atoms with E-state index in [1.54, 1.807) is 6.08 Å². The second-order valence-corrected chi connectivity index (χ2v) is 29.5. The molecule has 0 radical (unpaired) electrons. The topological polar surface area (TPSA) is 95.9 Å². The van der Waals surface area contributed by atoms with Gasteiger partial charge in [0.1, 0.15) is 0 Å². The third kappa shape index (κ3) is 77.5. The Kier molecular flexibility index (Phi) is 79.8. The first-order valence-corrected chi connectivity index (χ1v) is 42.5. The molecule has 0 rings (SSSR count). The molecule has 91 heavy (non-hydrogen) atoms. The van der Waals surface area contributed by atoms with E-state index in [9.17, 15) is 19.8 Å². The van der Waals surface area contributed by atoms with E-state index in [1.807, 2.05) is 6.08 Å². The average Bonchev–Trinajstić information content (AvgIpc) is 3.73. The quantitative estimate of drug-likeness (QED) is 0.0320. The van der Waals surface area contributed by atoms with Gasteiger partial charge in [0.05, 0.1) is 25.4 Å². The van der Waals surface area contributed by atoms with Crippen LogP contribution in [0.5, 0.6) is 0 Å². The van der Waals surface area contributed by atoms with Gasteiger partial charge in [-0.05, 0) is 32.1 Å². The molecule has 0 heterocycles. The van der Waals surface area contributed by atoms with Crippen molar-refractivity contribution in [1.29, 1.82) is 0 Å². The highest BCUT2D eigenvalue weighted by molar-refractivity contribution is 5.76. The van der Waals surface area contributed by atoms with Gasteiger partial charge in [-0.2, -0.15) is 0 Å². The summed E-state index contributed by atoms with van der Waals surface area (Å²) in [6, 6.07) is -0.623. The Hall–Kier alpha value is -1.40. The fraction of sp³-hybridized carbons (Fsp3) is 0.953. The van der Waals surface area contributed by atoms with Gasteiger partial charge in [-0.3, -0.25) is 9.59 Å². The van der Waals surface area contributed by atoms with Crippen LogP contribution in [-0.2, 0) is 14.3 Å². The van der Waals surface area contributed by atoms with Crippen LogP contribution in [0.4, 0.5) is 0 Å². The van der Waals surface area contributed by atoms with Crippen molar-refractivity contribution in [1.82, 2.24) is 5.32 Å². The van der Waals surface area contributed by atoms with Gasteiger partial charge < -0.3 is 20.3 Å². The first-order valence-electron chi connectivity index (χ1n) is 42.5. The zero-order valence-electron chi connectivity index (χ0n) is 62.4. The lowest BCUT2D eigenvalue weighted by atomic mass is 10.0. The van der Waals surface area contributed by atoms with Gasteiger partial charge >= 0.3 is 5.97 Å². The number of ether oxygens (including phenoxy) is 1. The predicted octanol–water partition coefficient (Wildman–Crippen LogP) is 28.2. The molecule has 3 N–H and O–H groups in total. The van der Waals surface area contributed by atoms with Crippen molar-refractivity contribution in [3.8, 4) is 0 Å². The molecule has 0 aromatic rings. The highest BCUT2D eigenvalue weighted by Crippen LogP contribution is 2.21. The molecule has 6 nitrogen and oxygen atoms in total. The highest BCUT2D eigenvalue weighted by Gasteiger charge is 2.18. The van der Waals surface area contributed by atoms with Crippen LogP contribution in [0.15, 0.2) is 12.2 Å². The van der Waals surface area contributed by atoms with Crippen molar-refractivity contribution in [3.63, 3.8) is 0 Å². The maximum Gasteiger partial charge on any atom is 0.305 e. The van der Waals surface area contributed by atoms with Crippen LogP contribution in [0.3, 0.4) is 0 Å². The lowest BCUT2D eigenvalue weighted by molar-refractivity contribution is -0.143. The summed E-state index contributed by atoms with van der Waals surface area (Å²) in [5, 5.41) is 23.3. The van der Waals surface area contributed by atoms with Gasteiger partial charge in [0.25, 0.3) is 0 Å². The molecule has 0 aliphatic rings. The zero-order valence-corrected chi connectivity index (χ0v) is 62.4. The minimum atomic E-state index is -0.840. The largest absolute Gasteiger partial charge is 0.466 e. The molecular formula is C85H167NO5. The number of carbonyl (C=O) groups is 2. The van der Waals surface area contributed by atoms with Crippen molar-refractivity contribution in [2.45, 2.75) is 508 Å². The Bertz CT molecular complexity index is 1380. The number of aliphatic hydroxyl groups is 2. The van der Waals surface area contributed by atoms with Gasteiger partial charge in [-0.1, -0.05) is 463 Å². The lowest BCUT2D eigenvalue weighted by Gasteiger charge is -2.20. The Labute approximate surface area is 571 Å². The Morgan fingerprint density at radius 1 is 0.297 bits per heavy atom. The molecule has 2 unspecified atom stereocenters. The van der Waals surface area contributed by atoms with E-state index in [2.05, 4.69) is 19.2 Å². The monoisotopic (exact) mass is 1280 g/mol. The van der Waals surface area contributed by atoms with Crippen LogP contribution < -0.4 is 5.32 Å². The number of esters is 1. The normalized spacial score (nSPS) is 12.4. The minimum absolute atomic E-state index is 0.0292. The predicted molar refractivity (Wildman–Crippen MR) is 403 cm³/mol.